The molecule has 0 unspecified atom stereocenters. The van der Waals surface area contributed by atoms with Crippen molar-refractivity contribution in [2.24, 2.45) is 5.73 Å². The number of nitrogens with zero attached hydrogens (tertiary/aromatic N) is 4. The molecule has 126 valence electrons. The summed E-state index contributed by atoms with van der Waals surface area (Å²) < 4.78 is 0. The summed E-state index contributed by atoms with van der Waals surface area (Å²) in [7, 11) is 0. The minimum absolute atomic E-state index is 0.00275. The Morgan fingerprint density at radius 2 is 2.04 bits per heavy atom. The minimum atomic E-state index is -0.00275. The van der Waals surface area contributed by atoms with Crippen LogP contribution < -0.4 is 11.1 Å². The van der Waals surface area contributed by atoms with Crippen LogP contribution in [0.5, 0.6) is 0 Å². The molecule has 4 N–H and O–H groups in total. The molecule has 0 saturated heterocycles. The fourth-order valence-electron chi connectivity index (χ4n) is 2.60. The van der Waals surface area contributed by atoms with Crippen molar-refractivity contribution in [2.45, 2.75) is 12.5 Å². The summed E-state index contributed by atoms with van der Waals surface area (Å²) in [5.74, 6) is 0. The van der Waals surface area contributed by atoms with Gasteiger partial charge in [0.05, 0.1) is 11.7 Å². The van der Waals surface area contributed by atoms with Crippen molar-refractivity contribution in [1.29, 1.82) is 0 Å². The van der Waals surface area contributed by atoms with Crippen LogP contribution in [0.25, 0.3) is 21.5 Å². The molecule has 4 aromatic rings. The summed E-state index contributed by atoms with van der Waals surface area (Å²) in [5, 5.41) is 21.4. The Morgan fingerprint density at radius 3 is 2.92 bits per heavy atom. The van der Waals surface area contributed by atoms with Gasteiger partial charge in [0, 0.05) is 35.9 Å². The summed E-state index contributed by atoms with van der Waals surface area (Å²) in [6.07, 6.45) is 6.15. The molecular weight excluding hydrogens is 334 g/mol. The van der Waals surface area contributed by atoms with Crippen LogP contribution in [0.1, 0.15) is 5.56 Å². The molecule has 25 heavy (non-hydrogen) atoms. The molecule has 0 aliphatic rings. The normalized spacial score (nSPS) is 12.4. The second kappa shape index (κ2) is 6.96. The highest BCUT2D eigenvalue weighted by Crippen LogP contribution is 2.28. The zero-order valence-electron chi connectivity index (χ0n) is 13.4. The van der Waals surface area contributed by atoms with Crippen molar-refractivity contribution >= 4 is 27.4 Å². The molecule has 0 fully saturated rings. The first kappa shape index (κ1) is 15.7. The van der Waals surface area contributed by atoms with E-state index in [9.17, 15) is 0 Å². The quantitative estimate of drug-likeness (QED) is 0.493. The van der Waals surface area contributed by atoms with E-state index in [0.717, 1.165) is 33.0 Å². The molecule has 0 bridgehead atoms. The number of H-pyrrole nitrogens is 1. The molecule has 1 aromatic carbocycles. The molecule has 4 rings (SSSR count). The number of rotatable bonds is 6. The third-order valence-corrected chi connectivity index (χ3v) is 4.80. The van der Waals surface area contributed by atoms with Gasteiger partial charge in [-0.3, -0.25) is 10.1 Å². The maximum atomic E-state index is 6.18. The third kappa shape index (κ3) is 3.65. The standard InChI is InChI=1S/C17H17N7S/c18-14(7-11-3-5-19-6-4-11)10-20-17-24-23-16(25-17)12-1-2-15-13(8-12)9-21-22-15/h1-6,8-9,14H,7,10,18H2,(H,20,24)(H,21,22)/t14-/m0/s1. The van der Waals surface area contributed by atoms with Gasteiger partial charge in [-0.25, -0.2) is 0 Å². The second-order valence-corrected chi connectivity index (χ2v) is 6.76. The van der Waals surface area contributed by atoms with Crippen LogP contribution in [0.3, 0.4) is 0 Å². The van der Waals surface area contributed by atoms with E-state index in [-0.39, 0.29) is 6.04 Å². The first-order valence-corrected chi connectivity index (χ1v) is 8.75. The number of fused-ring (bicyclic) bond motifs is 1. The Balaban J connectivity index is 1.39. The van der Waals surface area contributed by atoms with Gasteiger partial charge < -0.3 is 11.1 Å². The van der Waals surface area contributed by atoms with Gasteiger partial charge in [-0.05, 0) is 42.3 Å². The first-order chi connectivity index (χ1) is 12.3. The minimum Gasteiger partial charge on any atom is -0.359 e. The average Bonchev–Trinajstić information content (AvgIpc) is 3.29. The van der Waals surface area contributed by atoms with E-state index in [1.54, 1.807) is 18.6 Å². The van der Waals surface area contributed by atoms with E-state index in [0.29, 0.717) is 6.54 Å². The molecule has 0 aliphatic heterocycles. The lowest BCUT2D eigenvalue weighted by molar-refractivity contribution is 0.697. The number of hydrogen-bond donors (Lipinski definition) is 3. The van der Waals surface area contributed by atoms with E-state index >= 15 is 0 Å². The van der Waals surface area contributed by atoms with Gasteiger partial charge in [-0.2, -0.15) is 5.10 Å². The van der Waals surface area contributed by atoms with Gasteiger partial charge in [-0.1, -0.05) is 11.3 Å². The van der Waals surface area contributed by atoms with Gasteiger partial charge in [0.25, 0.3) is 0 Å². The number of pyridine rings is 1. The van der Waals surface area contributed by atoms with Crippen LogP contribution in [0, 0.1) is 0 Å². The molecule has 3 aromatic heterocycles. The maximum Gasteiger partial charge on any atom is 0.206 e. The fraction of sp³-hybridized carbons (Fsp3) is 0.176. The number of benzene rings is 1. The van der Waals surface area contributed by atoms with E-state index in [1.807, 2.05) is 24.3 Å². The summed E-state index contributed by atoms with van der Waals surface area (Å²) in [5.41, 5.74) is 9.40. The molecule has 0 spiro atoms. The number of nitrogens with one attached hydrogen (secondary N) is 2. The van der Waals surface area contributed by atoms with Crippen LogP contribution >= 0.6 is 11.3 Å². The molecule has 7 nitrogen and oxygen atoms in total. The van der Waals surface area contributed by atoms with Crippen molar-refractivity contribution in [3.8, 4) is 10.6 Å². The largest absolute Gasteiger partial charge is 0.359 e. The topological polar surface area (TPSA) is 105 Å². The average molecular weight is 351 g/mol. The summed E-state index contributed by atoms with van der Waals surface area (Å²) in [6, 6.07) is 10.0. The van der Waals surface area contributed by atoms with Crippen molar-refractivity contribution in [1.82, 2.24) is 25.4 Å². The van der Waals surface area contributed by atoms with E-state index in [4.69, 9.17) is 5.73 Å². The summed E-state index contributed by atoms with van der Waals surface area (Å²) in [4.78, 5) is 4.01. The number of aromatic nitrogens is 5. The van der Waals surface area contributed by atoms with Crippen LogP contribution in [-0.4, -0.2) is 38.0 Å². The Hall–Kier alpha value is -2.84. The van der Waals surface area contributed by atoms with Gasteiger partial charge >= 0.3 is 0 Å². The van der Waals surface area contributed by atoms with Gasteiger partial charge in [-0.15, -0.1) is 10.2 Å². The zero-order valence-corrected chi connectivity index (χ0v) is 14.2. The predicted molar refractivity (Wildman–Crippen MR) is 99.4 cm³/mol. The maximum absolute atomic E-state index is 6.18. The van der Waals surface area contributed by atoms with Gasteiger partial charge in [0.1, 0.15) is 5.01 Å². The summed E-state index contributed by atoms with van der Waals surface area (Å²) in [6.45, 7) is 0.637. The van der Waals surface area contributed by atoms with E-state index in [2.05, 4.69) is 36.8 Å². The Kier molecular flexibility index (Phi) is 4.36. The molecule has 0 aliphatic carbocycles. The Bertz CT molecular complexity index is 963. The van der Waals surface area contributed by atoms with Crippen LogP contribution in [0.4, 0.5) is 5.13 Å². The Morgan fingerprint density at radius 1 is 1.16 bits per heavy atom. The van der Waals surface area contributed by atoms with Crippen LogP contribution in [-0.2, 0) is 6.42 Å². The number of anilines is 1. The molecule has 8 heteroatoms. The lowest BCUT2D eigenvalue weighted by Crippen LogP contribution is -2.31. The van der Waals surface area contributed by atoms with Crippen molar-refractivity contribution in [3.63, 3.8) is 0 Å². The van der Waals surface area contributed by atoms with E-state index < -0.39 is 0 Å². The van der Waals surface area contributed by atoms with Crippen LogP contribution in [0.2, 0.25) is 0 Å². The molecule has 0 saturated carbocycles. The lowest BCUT2D eigenvalue weighted by atomic mass is 10.1. The third-order valence-electron chi connectivity index (χ3n) is 3.87. The molecule has 0 radical (unpaired) electrons. The molecule has 3 heterocycles. The van der Waals surface area contributed by atoms with Gasteiger partial charge in [0.2, 0.25) is 5.13 Å². The highest BCUT2D eigenvalue weighted by molar-refractivity contribution is 7.18. The molecular formula is C17H17N7S. The second-order valence-electron chi connectivity index (χ2n) is 5.78. The number of aromatic amines is 1. The number of hydrogen-bond acceptors (Lipinski definition) is 7. The highest BCUT2D eigenvalue weighted by atomic mass is 32.1. The summed E-state index contributed by atoms with van der Waals surface area (Å²) >= 11 is 1.52. The fourth-order valence-corrected chi connectivity index (χ4v) is 3.35. The lowest BCUT2D eigenvalue weighted by Gasteiger charge is -2.11. The van der Waals surface area contributed by atoms with Crippen molar-refractivity contribution in [2.75, 3.05) is 11.9 Å². The van der Waals surface area contributed by atoms with Crippen LogP contribution in [0.15, 0.2) is 48.9 Å². The van der Waals surface area contributed by atoms with Crippen molar-refractivity contribution < 1.29 is 0 Å². The molecule has 1 atom stereocenters. The van der Waals surface area contributed by atoms with Gasteiger partial charge in [0.15, 0.2) is 0 Å². The first-order valence-electron chi connectivity index (χ1n) is 7.93. The molecule has 0 amide bonds. The SMILES string of the molecule is N[C@H](CNc1nnc(-c2ccc3[nH]ncc3c2)s1)Cc1ccncc1. The van der Waals surface area contributed by atoms with E-state index in [1.165, 1.54) is 16.9 Å². The highest BCUT2D eigenvalue weighted by Gasteiger charge is 2.10. The predicted octanol–water partition coefficient (Wildman–Crippen LogP) is 2.46. The monoisotopic (exact) mass is 351 g/mol. The number of nitrogens with two attached hydrogens (primary N) is 1. The van der Waals surface area contributed by atoms with Crippen molar-refractivity contribution in [3.05, 3.63) is 54.5 Å². The Labute approximate surface area is 148 Å². The smallest absolute Gasteiger partial charge is 0.206 e. The zero-order chi connectivity index (χ0) is 17.1.